The number of ether oxygens (including phenoxy) is 2. The van der Waals surface area contributed by atoms with Gasteiger partial charge in [0, 0.05) is 50.5 Å². The summed E-state index contributed by atoms with van der Waals surface area (Å²) >= 11 is 0. The van der Waals surface area contributed by atoms with Gasteiger partial charge in [0.25, 0.3) is 11.4 Å². The lowest BCUT2D eigenvalue weighted by Gasteiger charge is -2.31. The maximum atomic E-state index is 12.5. The molecule has 61 heavy (non-hydrogen) atoms. The first-order chi connectivity index (χ1) is 28.2. The van der Waals surface area contributed by atoms with Gasteiger partial charge >= 0.3 is 6.18 Å². The highest BCUT2D eigenvalue weighted by atomic mass is 19.4. The number of nitro benzene ring substituents is 2. The van der Waals surface area contributed by atoms with Crippen LogP contribution in [0.1, 0.15) is 40.5 Å². The van der Waals surface area contributed by atoms with Gasteiger partial charge in [0.1, 0.15) is 46.0 Å². The van der Waals surface area contributed by atoms with Crippen molar-refractivity contribution >= 4 is 46.2 Å². The summed E-state index contributed by atoms with van der Waals surface area (Å²) in [5, 5.41) is 36.5. The van der Waals surface area contributed by atoms with Gasteiger partial charge < -0.3 is 36.1 Å². The van der Waals surface area contributed by atoms with Crippen LogP contribution in [0.3, 0.4) is 0 Å². The topological polar surface area (TPSA) is 228 Å². The van der Waals surface area contributed by atoms with E-state index in [0.717, 1.165) is 25.9 Å². The molecule has 2 aromatic heterocycles. The van der Waals surface area contributed by atoms with Crippen LogP contribution < -0.4 is 36.1 Å². The number of nitro groups is 2. The molecule has 4 aromatic rings. The van der Waals surface area contributed by atoms with E-state index in [-0.39, 0.29) is 68.6 Å². The van der Waals surface area contributed by atoms with Crippen LogP contribution in [-0.4, -0.2) is 89.5 Å². The Kier molecular flexibility index (Phi) is 18.1. The largest absolute Gasteiger partial charge is 0.457 e. The number of hydrogen-bond donors (Lipinski definition) is 5. The number of hydrogen-bond acceptors (Lipinski definition) is 14. The van der Waals surface area contributed by atoms with Crippen molar-refractivity contribution in [2.45, 2.75) is 46.7 Å². The molecule has 0 unspecified atom stereocenters. The maximum Gasteiger partial charge on any atom is 0.401 e. The number of amides is 2. The molecule has 2 saturated heterocycles. The fourth-order valence-corrected chi connectivity index (χ4v) is 6.38. The molecule has 2 aliphatic heterocycles. The van der Waals surface area contributed by atoms with Crippen molar-refractivity contribution in [3.8, 4) is 23.0 Å². The molecular formula is C40H51F3N10O8. The van der Waals surface area contributed by atoms with E-state index in [1.54, 1.807) is 44.4 Å². The fraction of sp³-hybridized carbons (Fsp3) is 0.400. The highest BCUT2D eigenvalue weighted by Crippen LogP contribution is 2.33. The molecule has 2 fully saturated rings. The van der Waals surface area contributed by atoms with Crippen molar-refractivity contribution in [2.24, 2.45) is 11.8 Å². The van der Waals surface area contributed by atoms with E-state index in [1.165, 1.54) is 47.6 Å². The molecule has 2 amide bonds. The summed E-state index contributed by atoms with van der Waals surface area (Å²) in [6, 6.07) is 15.1. The van der Waals surface area contributed by atoms with Crippen LogP contribution in [0.4, 0.5) is 47.6 Å². The summed E-state index contributed by atoms with van der Waals surface area (Å²) in [4.78, 5) is 55.7. The third-order valence-corrected chi connectivity index (χ3v) is 9.38. The molecule has 0 atom stereocenters. The van der Waals surface area contributed by atoms with E-state index < -0.39 is 28.5 Å². The maximum absolute atomic E-state index is 12.5. The van der Waals surface area contributed by atoms with Crippen molar-refractivity contribution in [2.75, 3.05) is 68.1 Å². The molecule has 0 bridgehead atoms. The van der Waals surface area contributed by atoms with Crippen LogP contribution >= 0.6 is 0 Å². The smallest absolute Gasteiger partial charge is 0.401 e. The summed E-state index contributed by atoms with van der Waals surface area (Å²) < 4.78 is 48.9. The number of aromatic nitrogens is 2. The van der Waals surface area contributed by atoms with Gasteiger partial charge in [-0.05, 0) is 88.3 Å². The summed E-state index contributed by atoms with van der Waals surface area (Å²) in [5.74, 6) is 1.06. The molecular weight excluding hydrogens is 805 g/mol. The monoisotopic (exact) mass is 856 g/mol. The first kappa shape index (κ1) is 48.8. The number of rotatable bonds is 13. The average Bonchev–Trinajstić information content (AvgIpc) is 3.21. The van der Waals surface area contributed by atoms with Crippen LogP contribution in [0.5, 0.6) is 23.0 Å². The molecule has 330 valence electrons. The first-order valence-electron chi connectivity index (χ1n) is 18.5. The van der Waals surface area contributed by atoms with E-state index in [1.807, 2.05) is 0 Å². The molecule has 0 spiro atoms. The molecule has 0 saturated carbocycles. The van der Waals surface area contributed by atoms with Crippen LogP contribution in [0.15, 0.2) is 73.1 Å². The van der Waals surface area contributed by atoms with Crippen molar-refractivity contribution in [3.05, 3.63) is 93.3 Å². The normalized spacial score (nSPS) is 14.4. The Labute approximate surface area is 350 Å². The Balaban J connectivity index is 0.000000319. The Morgan fingerprint density at radius 1 is 0.721 bits per heavy atom. The predicted molar refractivity (Wildman–Crippen MR) is 225 cm³/mol. The third kappa shape index (κ3) is 14.6. The summed E-state index contributed by atoms with van der Waals surface area (Å²) in [7, 11) is 3.18. The first-order valence-corrected chi connectivity index (χ1v) is 18.5. The van der Waals surface area contributed by atoms with Gasteiger partial charge in [0.15, 0.2) is 0 Å². The number of benzene rings is 2. The van der Waals surface area contributed by atoms with E-state index in [4.69, 9.17) is 9.47 Å². The van der Waals surface area contributed by atoms with Crippen LogP contribution in [0.25, 0.3) is 0 Å². The van der Waals surface area contributed by atoms with Crippen molar-refractivity contribution in [3.63, 3.8) is 0 Å². The van der Waals surface area contributed by atoms with Crippen LogP contribution in [0.2, 0.25) is 0 Å². The molecule has 4 heterocycles. The van der Waals surface area contributed by atoms with Crippen molar-refractivity contribution in [1.82, 2.24) is 20.2 Å². The zero-order valence-corrected chi connectivity index (χ0v) is 32.1. The van der Waals surface area contributed by atoms with Gasteiger partial charge in [-0.3, -0.25) is 34.7 Å². The number of nitrogens with one attached hydrogen (secondary N) is 5. The number of likely N-dealkylation sites (tertiary alicyclic amines) is 1. The van der Waals surface area contributed by atoms with Gasteiger partial charge in [-0.2, -0.15) is 13.2 Å². The Bertz CT molecular complexity index is 2110. The minimum Gasteiger partial charge on any atom is -0.457 e. The highest BCUT2D eigenvalue weighted by molar-refractivity contribution is 5.92. The minimum absolute atomic E-state index is 0. The standard InChI is InChI=1S/C20H22F3N5O4.C18H21N5O4.2CH4/c1-24-16-3-2-14(10-17(16)28(30)31)32-15-4-7-25-18(11-15)26-19(29)13-5-8-27(9-6-13)12-20(21,22)23;1-19-15-3-2-13(10-16(15)23(25)26)27-14-6-9-21-17(11-14)22-18(24)12-4-7-20-8-5-12;;/h2-4,7,10-11,13,24H,5-6,8-9,12H2,1H3,(H,25,26,29);2-3,6,9-12,19-20H,4-5,7-8H2,1H3,(H,21,22,24);2*1H4. The molecule has 2 aromatic carbocycles. The zero-order valence-electron chi connectivity index (χ0n) is 32.1. The number of pyridine rings is 2. The number of anilines is 4. The van der Waals surface area contributed by atoms with Gasteiger partial charge in [0.2, 0.25) is 11.8 Å². The SMILES string of the molecule is C.C.CNc1ccc(Oc2ccnc(NC(=O)C3CCN(CC(F)(F)F)CC3)c2)cc1[N+](=O)[O-].CNc1ccc(Oc2ccnc(NC(=O)C3CCNCC3)c2)cc1[N+](=O)[O-]. The molecule has 18 nitrogen and oxygen atoms in total. The number of halogens is 3. The minimum atomic E-state index is -4.26. The predicted octanol–water partition coefficient (Wildman–Crippen LogP) is 8.07. The van der Waals surface area contributed by atoms with E-state index in [0.29, 0.717) is 47.3 Å². The van der Waals surface area contributed by atoms with Gasteiger partial charge in [0.05, 0.1) is 28.5 Å². The molecule has 0 aliphatic carbocycles. The molecule has 5 N–H and O–H groups in total. The lowest BCUT2D eigenvalue weighted by Crippen LogP contribution is -2.42. The molecule has 2 aliphatic rings. The molecule has 6 rings (SSSR count). The summed E-state index contributed by atoms with van der Waals surface area (Å²) in [6.45, 7) is 1.06. The van der Waals surface area contributed by atoms with Crippen LogP contribution in [-0.2, 0) is 9.59 Å². The van der Waals surface area contributed by atoms with Crippen molar-refractivity contribution in [1.29, 1.82) is 0 Å². The average molecular weight is 857 g/mol. The highest BCUT2D eigenvalue weighted by Gasteiger charge is 2.34. The second-order valence-corrected chi connectivity index (χ2v) is 13.5. The summed E-state index contributed by atoms with van der Waals surface area (Å²) in [6.07, 6.45) is 0.899. The van der Waals surface area contributed by atoms with Crippen molar-refractivity contribution < 1.29 is 42.1 Å². The lowest BCUT2D eigenvalue weighted by molar-refractivity contribution is -0.384. The van der Waals surface area contributed by atoms with Gasteiger partial charge in [-0.1, -0.05) is 14.9 Å². The quantitative estimate of drug-likeness (QED) is 0.0633. The molecule has 21 heteroatoms. The van der Waals surface area contributed by atoms with Crippen LogP contribution in [0, 0.1) is 32.1 Å². The van der Waals surface area contributed by atoms with E-state index in [2.05, 4.69) is 36.6 Å². The van der Waals surface area contributed by atoms with Gasteiger partial charge in [-0.25, -0.2) is 9.97 Å². The second kappa shape index (κ2) is 22.7. The zero-order chi connectivity index (χ0) is 42.5. The van der Waals surface area contributed by atoms with E-state index in [9.17, 15) is 43.0 Å². The number of carbonyl (C=O) groups excluding carboxylic acids is 2. The van der Waals surface area contributed by atoms with E-state index >= 15 is 0 Å². The number of nitrogens with zero attached hydrogens (tertiary/aromatic N) is 5. The summed E-state index contributed by atoms with van der Waals surface area (Å²) in [5.41, 5.74) is 0.510. The second-order valence-electron chi connectivity index (χ2n) is 13.5. The third-order valence-electron chi connectivity index (χ3n) is 9.38. The van der Waals surface area contributed by atoms with Gasteiger partial charge in [-0.15, -0.1) is 0 Å². The Hall–Kier alpha value is -6.61. The number of alkyl halides is 3. The Morgan fingerprint density at radius 3 is 1.52 bits per heavy atom. The number of piperidine rings is 2. The Morgan fingerprint density at radius 2 is 1.13 bits per heavy atom. The number of carbonyl (C=O) groups is 2. The molecule has 0 radical (unpaired) electrons. The fourth-order valence-electron chi connectivity index (χ4n) is 6.38. The lowest BCUT2D eigenvalue weighted by atomic mass is 9.96.